The molecule has 0 saturated carbocycles. The zero-order valence-corrected chi connectivity index (χ0v) is 14.5. The van der Waals surface area contributed by atoms with Gasteiger partial charge in [-0.1, -0.05) is 44.2 Å². The summed E-state index contributed by atoms with van der Waals surface area (Å²) in [7, 11) is 0. The van der Waals surface area contributed by atoms with Crippen LogP contribution < -0.4 is 0 Å². The molecule has 1 aliphatic rings. The molecule has 0 aliphatic carbocycles. The van der Waals surface area contributed by atoms with Crippen molar-refractivity contribution in [1.82, 2.24) is 9.88 Å². The molecule has 2 aromatic rings. The van der Waals surface area contributed by atoms with Crippen LogP contribution >= 0.6 is 11.3 Å². The zero-order chi connectivity index (χ0) is 17.3. The number of aromatic nitrogens is 1. The number of likely N-dealkylation sites (tertiary alicyclic amines) is 1. The van der Waals surface area contributed by atoms with Crippen LogP contribution in [0.2, 0.25) is 0 Å². The molecule has 2 unspecified atom stereocenters. The quantitative estimate of drug-likeness (QED) is 0.924. The van der Waals surface area contributed by atoms with Gasteiger partial charge in [0.1, 0.15) is 4.88 Å². The van der Waals surface area contributed by atoms with E-state index >= 15 is 0 Å². The van der Waals surface area contributed by atoms with Gasteiger partial charge in [0.15, 0.2) is 0 Å². The Morgan fingerprint density at radius 2 is 1.96 bits per heavy atom. The maximum absolute atomic E-state index is 12.7. The lowest BCUT2D eigenvalue weighted by atomic mass is 9.89. The van der Waals surface area contributed by atoms with E-state index in [1.54, 1.807) is 11.1 Å². The maximum Gasteiger partial charge on any atom is 0.308 e. The molecule has 5 nitrogen and oxygen atoms in total. The lowest BCUT2D eigenvalue weighted by Gasteiger charge is -2.15. The molecule has 0 bridgehead atoms. The number of hydrogen-bond donors (Lipinski definition) is 1. The Balaban J connectivity index is 1.82. The second-order valence-electron chi connectivity index (χ2n) is 6.39. The van der Waals surface area contributed by atoms with Gasteiger partial charge >= 0.3 is 5.97 Å². The van der Waals surface area contributed by atoms with Crippen molar-refractivity contribution in [1.29, 1.82) is 0 Å². The standard InChI is InChI=1S/C18H20N2O3S/c1-11(2)16-19-8-15(24-16)17(21)20-9-13(14(10-20)18(22)23)12-6-4-3-5-7-12/h3-8,11,13-14H,9-10H2,1-2H3,(H,22,23). The number of carbonyl (C=O) groups excluding carboxylic acids is 1. The summed E-state index contributed by atoms with van der Waals surface area (Å²) in [5.74, 6) is -1.45. The molecule has 2 atom stereocenters. The number of rotatable bonds is 4. The molecule has 1 N–H and O–H groups in total. The minimum absolute atomic E-state index is 0.121. The first kappa shape index (κ1) is 16.6. The predicted molar refractivity (Wildman–Crippen MR) is 92.4 cm³/mol. The van der Waals surface area contributed by atoms with Crippen LogP contribution in [0.4, 0.5) is 0 Å². The highest BCUT2D eigenvalue weighted by atomic mass is 32.1. The number of carboxylic acid groups (broad SMARTS) is 1. The number of benzene rings is 1. The van der Waals surface area contributed by atoms with Crippen LogP contribution in [-0.4, -0.2) is 40.0 Å². The van der Waals surface area contributed by atoms with E-state index in [4.69, 9.17) is 0 Å². The summed E-state index contributed by atoms with van der Waals surface area (Å²) in [4.78, 5) is 30.9. The van der Waals surface area contributed by atoms with Crippen molar-refractivity contribution in [2.45, 2.75) is 25.7 Å². The van der Waals surface area contributed by atoms with Crippen molar-refractivity contribution in [2.75, 3.05) is 13.1 Å². The molecule has 24 heavy (non-hydrogen) atoms. The third-order valence-electron chi connectivity index (χ3n) is 4.38. The lowest BCUT2D eigenvalue weighted by Crippen LogP contribution is -2.29. The topological polar surface area (TPSA) is 70.5 Å². The van der Waals surface area contributed by atoms with Gasteiger partial charge in [-0.25, -0.2) is 4.98 Å². The van der Waals surface area contributed by atoms with Gasteiger partial charge in [-0.15, -0.1) is 11.3 Å². The third kappa shape index (κ3) is 3.19. The number of carbonyl (C=O) groups is 2. The molecule has 1 aromatic heterocycles. The fourth-order valence-corrected chi connectivity index (χ4v) is 3.96. The van der Waals surface area contributed by atoms with Crippen molar-refractivity contribution in [2.24, 2.45) is 5.92 Å². The lowest BCUT2D eigenvalue weighted by molar-refractivity contribution is -0.141. The van der Waals surface area contributed by atoms with Gasteiger partial charge in [-0.3, -0.25) is 9.59 Å². The van der Waals surface area contributed by atoms with Gasteiger partial charge in [0.25, 0.3) is 5.91 Å². The first-order chi connectivity index (χ1) is 11.5. The van der Waals surface area contributed by atoms with E-state index in [1.165, 1.54) is 11.3 Å². The smallest absolute Gasteiger partial charge is 0.308 e. The van der Waals surface area contributed by atoms with E-state index in [9.17, 15) is 14.7 Å². The zero-order valence-electron chi connectivity index (χ0n) is 13.7. The summed E-state index contributed by atoms with van der Waals surface area (Å²) in [5, 5.41) is 10.5. The summed E-state index contributed by atoms with van der Waals surface area (Å²) in [6, 6.07) is 9.56. The summed E-state index contributed by atoms with van der Waals surface area (Å²) in [6.45, 7) is 4.74. The second-order valence-corrected chi connectivity index (χ2v) is 7.45. The van der Waals surface area contributed by atoms with Crippen molar-refractivity contribution >= 4 is 23.2 Å². The van der Waals surface area contributed by atoms with Crippen molar-refractivity contribution in [3.05, 3.63) is 52.0 Å². The van der Waals surface area contributed by atoms with E-state index < -0.39 is 11.9 Å². The molecule has 0 radical (unpaired) electrons. The Morgan fingerprint density at radius 3 is 2.54 bits per heavy atom. The fraction of sp³-hybridized carbons (Fsp3) is 0.389. The van der Waals surface area contributed by atoms with Crippen molar-refractivity contribution < 1.29 is 14.7 Å². The van der Waals surface area contributed by atoms with Gasteiger partial charge in [-0.05, 0) is 5.56 Å². The molecule has 1 amide bonds. The molecule has 1 aromatic carbocycles. The molecule has 6 heteroatoms. The minimum Gasteiger partial charge on any atom is -0.481 e. The molecule has 0 spiro atoms. The van der Waals surface area contributed by atoms with Crippen LogP contribution in [0.5, 0.6) is 0 Å². The van der Waals surface area contributed by atoms with Crippen LogP contribution in [0.15, 0.2) is 36.5 Å². The highest BCUT2D eigenvalue weighted by molar-refractivity contribution is 7.13. The molecule has 1 aliphatic heterocycles. The van der Waals surface area contributed by atoms with Crippen molar-refractivity contribution in [3.63, 3.8) is 0 Å². The monoisotopic (exact) mass is 344 g/mol. The molecule has 1 fully saturated rings. The third-order valence-corrected chi connectivity index (χ3v) is 5.67. The molecule has 1 saturated heterocycles. The number of carboxylic acids is 1. The van der Waals surface area contributed by atoms with E-state index in [2.05, 4.69) is 4.98 Å². The van der Waals surface area contributed by atoms with E-state index in [-0.39, 0.29) is 24.3 Å². The highest BCUT2D eigenvalue weighted by Crippen LogP contribution is 2.34. The SMILES string of the molecule is CC(C)c1ncc(C(=O)N2CC(C(=O)O)C(c3ccccc3)C2)s1. The van der Waals surface area contributed by atoms with Gasteiger partial charge < -0.3 is 10.0 Å². The first-order valence-electron chi connectivity index (χ1n) is 8.00. The Labute approximate surface area is 145 Å². The van der Waals surface area contributed by atoms with Gasteiger partial charge in [0.2, 0.25) is 0 Å². The maximum atomic E-state index is 12.7. The van der Waals surface area contributed by atoms with Gasteiger partial charge in [0.05, 0.1) is 17.1 Å². The molecule has 2 heterocycles. The average Bonchev–Trinajstić information content (AvgIpc) is 3.22. The highest BCUT2D eigenvalue weighted by Gasteiger charge is 2.40. The number of hydrogen-bond acceptors (Lipinski definition) is 4. The molecule has 126 valence electrons. The first-order valence-corrected chi connectivity index (χ1v) is 8.81. The largest absolute Gasteiger partial charge is 0.481 e. The molecule has 3 rings (SSSR count). The summed E-state index contributed by atoms with van der Waals surface area (Å²) < 4.78 is 0. The number of aliphatic carboxylic acids is 1. The van der Waals surface area contributed by atoms with E-state index in [0.29, 0.717) is 11.4 Å². The van der Waals surface area contributed by atoms with Crippen LogP contribution in [0.3, 0.4) is 0 Å². The summed E-state index contributed by atoms with van der Waals surface area (Å²) in [5.41, 5.74) is 0.965. The number of nitrogens with zero attached hydrogens (tertiary/aromatic N) is 2. The van der Waals surface area contributed by atoms with Crippen LogP contribution in [0.1, 0.15) is 45.9 Å². The molecular weight excluding hydrogens is 324 g/mol. The van der Waals surface area contributed by atoms with Crippen LogP contribution in [0, 0.1) is 5.92 Å². The van der Waals surface area contributed by atoms with E-state index in [0.717, 1.165) is 10.6 Å². The number of amides is 1. The van der Waals surface area contributed by atoms with Gasteiger partial charge in [0, 0.05) is 24.9 Å². The molecular formula is C18H20N2O3S. The van der Waals surface area contributed by atoms with Gasteiger partial charge in [-0.2, -0.15) is 0 Å². The Morgan fingerprint density at radius 1 is 1.25 bits per heavy atom. The van der Waals surface area contributed by atoms with Crippen LogP contribution in [-0.2, 0) is 4.79 Å². The Bertz CT molecular complexity index is 742. The average molecular weight is 344 g/mol. The minimum atomic E-state index is -0.855. The fourth-order valence-electron chi connectivity index (χ4n) is 3.07. The van der Waals surface area contributed by atoms with Crippen LogP contribution in [0.25, 0.3) is 0 Å². The second kappa shape index (κ2) is 6.73. The van der Waals surface area contributed by atoms with E-state index in [1.807, 2.05) is 44.2 Å². The Hall–Kier alpha value is -2.21. The number of thiazole rings is 1. The predicted octanol–water partition coefficient (Wildman–Crippen LogP) is 3.21. The summed E-state index contributed by atoms with van der Waals surface area (Å²) in [6.07, 6.45) is 1.61. The van der Waals surface area contributed by atoms with Crippen molar-refractivity contribution in [3.8, 4) is 0 Å². The summed E-state index contributed by atoms with van der Waals surface area (Å²) >= 11 is 1.39. The normalized spacial score (nSPS) is 20.5. The Kier molecular flexibility index (Phi) is 4.66.